The van der Waals surface area contributed by atoms with Crippen molar-refractivity contribution in [3.05, 3.63) is 47.9 Å². The van der Waals surface area contributed by atoms with Gasteiger partial charge < -0.3 is 9.30 Å². The second kappa shape index (κ2) is 4.14. The molecule has 3 nitrogen and oxygen atoms in total. The molecule has 82 valence electrons. The number of pyridine rings is 1. The van der Waals surface area contributed by atoms with Crippen molar-refractivity contribution in [1.29, 1.82) is 0 Å². The van der Waals surface area contributed by atoms with E-state index >= 15 is 0 Å². The zero-order valence-corrected chi connectivity index (χ0v) is 10.9. The average molecular weight is 296 g/mol. The maximum absolute atomic E-state index is 4.28. The first-order valence-electron chi connectivity index (χ1n) is 4.96. The molecule has 0 spiro atoms. The summed E-state index contributed by atoms with van der Waals surface area (Å²) in [5, 5.41) is 2.10. The highest BCUT2D eigenvalue weighted by Gasteiger charge is 2.16. The molecule has 3 heterocycles. The minimum absolute atomic E-state index is 0.350. The van der Waals surface area contributed by atoms with Crippen LogP contribution in [0.5, 0.6) is 0 Å². The van der Waals surface area contributed by atoms with Crippen LogP contribution < -0.4 is 0 Å². The van der Waals surface area contributed by atoms with Gasteiger partial charge in [-0.15, -0.1) is 0 Å². The molecule has 0 aliphatic carbocycles. The number of thioether (sulfide) groups is 1. The van der Waals surface area contributed by atoms with Crippen LogP contribution in [-0.4, -0.2) is 18.6 Å². The fraction of sp³-hybridized carbons (Fsp3) is 0.182. The van der Waals surface area contributed by atoms with Crippen molar-refractivity contribution in [3.63, 3.8) is 0 Å². The van der Waals surface area contributed by atoms with Gasteiger partial charge in [0.2, 0.25) is 0 Å². The molecule has 0 amide bonds. The van der Waals surface area contributed by atoms with Crippen molar-refractivity contribution < 1.29 is 0 Å². The third-order valence-corrected chi connectivity index (χ3v) is 4.48. The Balaban J connectivity index is 1.85. The molecule has 0 fully saturated rings. The van der Waals surface area contributed by atoms with Crippen molar-refractivity contribution >= 4 is 33.3 Å². The van der Waals surface area contributed by atoms with Gasteiger partial charge in [0.25, 0.3) is 0 Å². The van der Waals surface area contributed by atoms with E-state index in [1.165, 1.54) is 5.56 Å². The molecule has 5 heteroatoms. The summed E-state index contributed by atoms with van der Waals surface area (Å²) in [6.45, 7) is 0.906. The van der Waals surface area contributed by atoms with Crippen molar-refractivity contribution in [2.24, 2.45) is 0 Å². The van der Waals surface area contributed by atoms with E-state index in [-0.39, 0.29) is 0 Å². The summed E-state index contributed by atoms with van der Waals surface area (Å²) in [4.78, 5) is 6.53. The Bertz CT molecular complexity index is 537. The maximum atomic E-state index is 4.28. The number of rotatable bonds is 2. The van der Waals surface area contributed by atoms with Gasteiger partial charge in [-0.2, -0.15) is 0 Å². The van der Waals surface area contributed by atoms with Crippen LogP contribution >= 0.6 is 27.7 Å². The molecule has 1 atom stereocenters. The molecule has 0 saturated carbocycles. The highest BCUT2D eigenvalue weighted by molar-refractivity contribution is 9.11. The highest BCUT2D eigenvalue weighted by Crippen LogP contribution is 2.30. The van der Waals surface area contributed by atoms with Gasteiger partial charge in [0.05, 0.1) is 0 Å². The molecular formula is C11H10BrN3S. The van der Waals surface area contributed by atoms with E-state index in [9.17, 15) is 0 Å². The number of imidazole rings is 1. The van der Waals surface area contributed by atoms with Crippen LogP contribution in [0.1, 0.15) is 5.56 Å². The van der Waals surface area contributed by atoms with Gasteiger partial charge in [0.15, 0.2) is 0 Å². The number of hydrogen-bond donors (Lipinski definition) is 0. The smallest absolute Gasteiger partial charge is 0.136 e. The summed E-state index contributed by atoms with van der Waals surface area (Å²) >= 11 is 5.38. The van der Waals surface area contributed by atoms with Crippen LogP contribution in [0.3, 0.4) is 0 Å². The molecular weight excluding hydrogens is 286 g/mol. The van der Waals surface area contributed by atoms with Crippen LogP contribution in [0, 0.1) is 0 Å². The summed E-state index contributed by atoms with van der Waals surface area (Å²) < 4.78 is 2.37. The minimum Gasteiger partial charge on any atom is -0.352 e. The normalized spacial score (nSPS) is 19.8. The first-order chi connectivity index (χ1) is 7.83. The maximum Gasteiger partial charge on any atom is 0.136 e. The van der Waals surface area contributed by atoms with Crippen LogP contribution in [0.2, 0.25) is 0 Å². The van der Waals surface area contributed by atoms with E-state index < -0.39 is 0 Å². The van der Waals surface area contributed by atoms with E-state index in [0.717, 1.165) is 12.2 Å². The number of halogens is 1. The van der Waals surface area contributed by atoms with Crippen molar-refractivity contribution in [1.82, 2.24) is 14.3 Å². The van der Waals surface area contributed by atoms with Crippen molar-refractivity contribution in [2.75, 3.05) is 0 Å². The van der Waals surface area contributed by atoms with Crippen LogP contribution in [0.15, 0.2) is 42.3 Å². The lowest BCUT2D eigenvalue weighted by atomic mass is 10.2. The minimum atomic E-state index is 0.350. The summed E-state index contributed by atoms with van der Waals surface area (Å²) in [7, 11) is 0. The third kappa shape index (κ3) is 1.85. The molecule has 0 N–H and O–H groups in total. The average Bonchev–Trinajstić information content (AvgIpc) is 2.88. The zero-order valence-electron chi connectivity index (χ0n) is 8.45. The van der Waals surface area contributed by atoms with E-state index in [0.29, 0.717) is 4.28 Å². The van der Waals surface area contributed by atoms with Gasteiger partial charge >= 0.3 is 0 Å². The lowest BCUT2D eigenvalue weighted by Gasteiger charge is -2.19. The monoisotopic (exact) mass is 295 g/mol. The lowest BCUT2D eigenvalue weighted by Crippen LogP contribution is -2.18. The molecule has 16 heavy (non-hydrogen) atoms. The summed E-state index contributed by atoms with van der Waals surface area (Å²) in [6.07, 6.45) is 7.93. The molecule has 1 aliphatic heterocycles. The number of nitrogens with zero attached hydrogens (tertiary/aromatic N) is 3. The quantitative estimate of drug-likeness (QED) is 0.627. The predicted molar refractivity (Wildman–Crippen MR) is 70.2 cm³/mol. The molecule has 0 aromatic carbocycles. The molecule has 1 unspecified atom stereocenters. The van der Waals surface area contributed by atoms with Gasteiger partial charge in [-0.3, -0.25) is 0 Å². The molecule has 2 aromatic rings. The second-order valence-corrected chi connectivity index (χ2v) is 6.08. The Morgan fingerprint density at radius 2 is 2.38 bits per heavy atom. The number of aromatic nitrogens is 2. The number of fused-ring (bicyclic) bond motifs is 1. The van der Waals surface area contributed by atoms with Gasteiger partial charge in [0, 0.05) is 31.3 Å². The third-order valence-electron chi connectivity index (χ3n) is 2.53. The Labute approximate surface area is 106 Å². The van der Waals surface area contributed by atoms with Gasteiger partial charge in [-0.1, -0.05) is 27.7 Å². The van der Waals surface area contributed by atoms with E-state index in [1.54, 1.807) is 11.8 Å². The lowest BCUT2D eigenvalue weighted by molar-refractivity contribution is 0.424. The van der Waals surface area contributed by atoms with Crippen LogP contribution in [0.25, 0.3) is 5.65 Å². The van der Waals surface area contributed by atoms with Crippen LogP contribution in [0.4, 0.5) is 0 Å². The fourth-order valence-electron chi connectivity index (χ4n) is 1.71. The Kier molecular flexibility index (Phi) is 2.65. The summed E-state index contributed by atoms with van der Waals surface area (Å²) in [5.41, 5.74) is 2.27. The number of hydrogen-bond acceptors (Lipinski definition) is 3. The predicted octanol–water partition coefficient (Wildman–Crippen LogP) is 3.03. The first kappa shape index (κ1) is 10.2. The topological polar surface area (TPSA) is 20.5 Å². The van der Waals surface area contributed by atoms with Crippen LogP contribution in [-0.2, 0) is 6.54 Å². The van der Waals surface area contributed by atoms with Crippen molar-refractivity contribution in [2.45, 2.75) is 10.8 Å². The van der Waals surface area contributed by atoms with E-state index in [1.807, 2.05) is 23.0 Å². The Morgan fingerprint density at radius 3 is 3.19 bits per heavy atom. The van der Waals surface area contributed by atoms with Gasteiger partial charge in [-0.25, -0.2) is 4.98 Å². The first-order valence-corrected chi connectivity index (χ1v) is 6.82. The largest absolute Gasteiger partial charge is 0.352 e. The fourth-order valence-corrected chi connectivity index (χ4v) is 3.02. The highest BCUT2D eigenvalue weighted by atomic mass is 79.9. The van der Waals surface area contributed by atoms with E-state index in [2.05, 4.69) is 49.6 Å². The van der Waals surface area contributed by atoms with Gasteiger partial charge in [-0.05, 0) is 23.1 Å². The molecule has 0 radical (unpaired) electrons. The van der Waals surface area contributed by atoms with Crippen molar-refractivity contribution in [3.8, 4) is 0 Å². The molecule has 3 rings (SSSR count). The number of alkyl halides is 1. The Morgan fingerprint density at radius 1 is 1.44 bits per heavy atom. The standard InChI is InChI=1S/C11H10BrN3S/c12-11-15(5-6-16-11)8-9-1-3-14-4-2-13-10(14)7-9/h1-7,11H,8H2. The summed E-state index contributed by atoms with van der Waals surface area (Å²) in [5.74, 6) is 0. The molecule has 0 bridgehead atoms. The molecule has 0 saturated heterocycles. The second-order valence-electron chi connectivity index (χ2n) is 3.61. The Hall–Kier alpha value is -0.940. The van der Waals surface area contributed by atoms with Gasteiger partial charge in [0.1, 0.15) is 9.93 Å². The SMILES string of the molecule is BrC1SC=CN1Cc1ccn2ccnc2c1. The zero-order chi connectivity index (χ0) is 11.0. The molecule has 1 aliphatic rings. The molecule has 2 aromatic heterocycles. The van der Waals surface area contributed by atoms with E-state index in [4.69, 9.17) is 0 Å². The summed E-state index contributed by atoms with van der Waals surface area (Å²) in [6, 6.07) is 4.25.